The maximum absolute atomic E-state index is 13.6. The van der Waals surface area contributed by atoms with Crippen LogP contribution < -0.4 is 11.1 Å². The third-order valence-corrected chi connectivity index (χ3v) is 4.12. The van der Waals surface area contributed by atoms with Gasteiger partial charge in [0.1, 0.15) is 0 Å². The van der Waals surface area contributed by atoms with E-state index in [9.17, 15) is 13.2 Å². The molecule has 0 radical (unpaired) electrons. The van der Waals surface area contributed by atoms with Crippen molar-refractivity contribution in [2.75, 3.05) is 5.32 Å². The van der Waals surface area contributed by atoms with Crippen LogP contribution >= 0.6 is 0 Å². The van der Waals surface area contributed by atoms with E-state index in [0.717, 1.165) is 17.5 Å². The van der Waals surface area contributed by atoms with Gasteiger partial charge in [0, 0.05) is 11.4 Å². The summed E-state index contributed by atoms with van der Waals surface area (Å²) in [5.41, 5.74) is 7.63. The smallest absolute Gasteiger partial charge is 0.370 e. The number of para-hydroxylation sites is 1. The van der Waals surface area contributed by atoms with Crippen molar-refractivity contribution in [2.45, 2.75) is 26.6 Å². The van der Waals surface area contributed by atoms with Gasteiger partial charge in [-0.1, -0.05) is 24.3 Å². The zero-order valence-electron chi connectivity index (χ0n) is 15.5. The second-order valence-electron chi connectivity index (χ2n) is 6.37. The Labute approximate surface area is 160 Å². The van der Waals surface area contributed by atoms with Crippen LogP contribution in [0.3, 0.4) is 0 Å². The predicted octanol–water partition coefficient (Wildman–Crippen LogP) is 4.43. The van der Waals surface area contributed by atoms with Crippen LogP contribution in [0.15, 0.2) is 59.6 Å². The third-order valence-electron chi connectivity index (χ3n) is 4.12. The number of aliphatic imine (C=N–C) groups is 1. The molecule has 146 valence electrons. The lowest BCUT2D eigenvalue weighted by molar-refractivity contribution is -0.138. The van der Waals surface area contributed by atoms with Gasteiger partial charge in [0.15, 0.2) is 5.96 Å². The number of hydrogen-bond acceptors (Lipinski definition) is 2. The van der Waals surface area contributed by atoms with E-state index >= 15 is 0 Å². The Hall–Kier alpha value is -3.29. The predicted molar refractivity (Wildman–Crippen MR) is 103 cm³/mol. The van der Waals surface area contributed by atoms with Crippen LogP contribution in [-0.2, 0) is 12.7 Å². The first-order valence-electron chi connectivity index (χ1n) is 8.60. The van der Waals surface area contributed by atoms with Gasteiger partial charge in [0.05, 0.1) is 23.5 Å². The van der Waals surface area contributed by atoms with E-state index in [1.807, 2.05) is 18.2 Å². The number of benzene rings is 2. The molecule has 0 aliphatic heterocycles. The number of hydrogen-bond donors (Lipinski definition) is 2. The molecule has 0 amide bonds. The van der Waals surface area contributed by atoms with Crippen LogP contribution in [0.4, 0.5) is 18.9 Å². The van der Waals surface area contributed by atoms with Gasteiger partial charge in [-0.15, -0.1) is 0 Å². The standard InChI is InChI=1S/C20H20F3N5/c1-13-10-14(2)28(27-13)17-9-8-15(18(11-17)20(21,22)23)12-25-19(24)26-16-6-4-3-5-7-16/h3-11H,12H2,1-2H3,(H3,24,25,26). The number of anilines is 1. The highest BCUT2D eigenvalue weighted by Crippen LogP contribution is 2.34. The SMILES string of the molecule is Cc1cc(C)n(-c2ccc(CN=C(N)Nc3ccccc3)c(C(F)(F)F)c2)n1. The van der Waals surface area contributed by atoms with E-state index in [1.54, 1.807) is 38.1 Å². The number of nitrogens with one attached hydrogen (secondary N) is 1. The van der Waals surface area contributed by atoms with E-state index in [0.29, 0.717) is 11.4 Å². The molecular formula is C20H20F3N5. The Morgan fingerprint density at radius 2 is 1.82 bits per heavy atom. The second kappa shape index (κ2) is 7.75. The van der Waals surface area contributed by atoms with Crippen molar-refractivity contribution < 1.29 is 13.2 Å². The summed E-state index contributed by atoms with van der Waals surface area (Å²) >= 11 is 0. The number of nitrogens with zero attached hydrogens (tertiary/aromatic N) is 3. The highest BCUT2D eigenvalue weighted by Gasteiger charge is 2.33. The molecule has 0 aliphatic rings. The number of aryl methyl sites for hydroxylation is 2. The van der Waals surface area contributed by atoms with E-state index in [2.05, 4.69) is 15.4 Å². The van der Waals surface area contributed by atoms with E-state index in [1.165, 1.54) is 10.7 Å². The summed E-state index contributed by atoms with van der Waals surface area (Å²) in [7, 11) is 0. The molecule has 0 atom stereocenters. The number of aromatic nitrogens is 2. The van der Waals surface area contributed by atoms with Crippen LogP contribution in [0, 0.1) is 13.8 Å². The number of halogens is 3. The summed E-state index contributed by atoms with van der Waals surface area (Å²) in [6.45, 7) is 3.39. The topological polar surface area (TPSA) is 68.2 Å². The van der Waals surface area contributed by atoms with Gasteiger partial charge in [-0.2, -0.15) is 18.3 Å². The van der Waals surface area contributed by atoms with Gasteiger partial charge in [0.2, 0.25) is 0 Å². The van der Waals surface area contributed by atoms with E-state index in [-0.39, 0.29) is 18.1 Å². The first-order valence-corrected chi connectivity index (χ1v) is 8.60. The zero-order chi connectivity index (χ0) is 20.3. The second-order valence-corrected chi connectivity index (χ2v) is 6.37. The molecule has 0 aliphatic carbocycles. The monoisotopic (exact) mass is 387 g/mol. The average molecular weight is 387 g/mol. The maximum atomic E-state index is 13.6. The van der Waals surface area contributed by atoms with Crippen molar-refractivity contribution in [1.29, 1.82) is 0 Å². The minimum Gasteiger partial charge on any atom is -0.370 e. The summed E-state index contributed by atoms with van der Waals surface area (Å²) in [6, 6.07) is 14.9. The minimum absolute atomic E-state index is 0.0376. The fourth-order valence-electron chi connectivity index (χ4n) is 2.87. The first kappa shape index (κ1) is 19.5. The minimum atomic E-state index is -4.52. The van der Waals surface area contributed by atoms with Crippen molar-refractivity contribution in [2.24, 2.45) is 10.7 Å². The average Bonchev–Trinajstić information content (AvgIpc) is 2.98. The van der Waals surface area contributed by atoms with Crippen LogP contribution in [0.5, 0.6) is 0 Å². The lowest BCUT2D eigenvalue weighted by atomic mass is 10.1. The van der Waals surface area contributed by atoms with Crippen LogP contribution in [0.2, 0.25) is 0 Å². The zero-order valence-corrected chi connectivity index (χ0v) is 15.5. The number of nitrogens with two attached hydrogens (primary N) is 1. The van der Waals surface area contributed by atoms with E-state index in [4.69, 9.17) is 5.73 Å². The van der Waals surface area contributed by atoms with Gasteiger partial charge < -0.3 is 11.1 Å². The lowest BCUT2D eigenvalue weighted by Crippen LogP contribution is -2.22. The molecule has 0 saturated heterocycles. The molecule has 0 spiro atoms. The Morgan fingerprint density at radius 3 is 2.43 bits per heavy atom. The molecule has 0 saturated carbocycles. The van der Waals surface area contributed by atoms with Gasteiger partial charge in [-0.05, 0) is 49.7 Å². The third kappa shape index (κ3) is 4.51. The Kier molecular flexibility index (Phi) is 5.39. The Morgan fingerprint density at radius 1 is 1.11 bits per heavy atom. The molecule has 0 unspecified atom stereocenters. The Bertz CT molecular complexity index is 991. The summed E-state index contributed by atoms with van der Waals surface area (Å²) in [5.74, 6) is 0.0435. The van der Waals surface area contributed by atoms with Crippen LogP contribution in [0.25, 0.3) is 5.69 Å². The molecule has 3 rings (SSSR count). The molecule has 8 heteroatoms. The lowest BCUT2D eigenvalue weighted by Gasteiger charge is -2.14. The molecule has 3 N–H and O–H groups in total. The van der Waals surface area contributed by atoms with Crippen molar-refractivity contribution in [1.82, 2.24) is 9.78 Å². The summed E-state index contributed by atoms with van der Waals surface area (Å²) in [6.07, 6.45) is -4.52. The molecule has 0 bridgehead atoms. The Balaban J connectivity index is 1.88. The molecule has 1 aromatic heterocycles. The van der Waals surface area contributed by atoms with Gasteiger partial charge in [0.25, 0.3) is 0 Å². The summed E-state index contributed by atoms with van der Waals surface area (Å²) in [4.78, 5) is 4.05. The molecule has 5 nitrogen and oxygen atoms in total. The molecule has 1 heterocycles. The molecule has 28 heavy (non-hydrogen) atoms. The fraction of sp³-hybridized carbons (Fsp3) is 0.200. The van der Waals surface area contributed by atoms with Gasteiger partial charge in [-0.3, -0.25) is 0 Å². The number of guanidine groups is 1. The quantitative estimate of drug-likeness (QED) is 0.514. The van der Waals surface area contributed by atoms with Gasteiger partial charge in [-0.25, -0.2) is 9.67 Å². The highest BCUT2D eigenvalue weighted by molar-refractivity contribution is 5.92. The maximum Gasteiger partial charge on any atom is 0.416 e. The van der Waals surface area contributed by atoms with E-state index < -0.39 is 11.7 Å². The molecule has 2 aromatic carbocycles. The van der Waals surface area contributed by atoms with Crippen molar-refractivity contribution >= 4 is 11.6 Å². The van der Waals surface area contributed by atoms with Crippen LogP contribution in [-0.4, -0.2) is 15.7 Å². The van der Waals surface area contributed by atoms with Gasteiger partial charge >= 0.3 is 6.18 Å². The fourth-order valence-corrected chi connectivity index (χ4v) is 2.87. The highest BCUT2D eigenvalue weighted by atomic mass is 19.4. The largest absolute Gasteiger partial charge is 0.416 e. The van der Waals surface area contributed by atoms with Crippen molar-refractivity contribution in [3.8, 4) is 5.69 Å². The van der Waals surface area contributed by atoms with Crippen molar-refractivity contribution in [3.05, 3.63) is 77.1 Å². The normalized spacial score (nSPS) is 12.2. The molecule has 3 aromatic rings. The number of rotatable bonds is 4. The first-order chi connectivity index (χ1) is 13.2. The molecular weight excluding hydrogens is 367 g/mol. The summed E-state index contributed by atoms with van der Waals surface area (Å²) < 4.78 is 42.3. The van der Waals surface area contributed by atoms with Crippen molar-refractivity contribution in [3.63, 3.8) is 0 Å². The summed E-state index contributed by atoms with van der Waals surface area (Å²) in [5, 5.41) is 7.10. The molecule has 0 fully saturated rings. The number of alkyl halides is 3. The van der Waals surface area contributed by atoms with Crippen LogP contribution in [0.1, 0.15) is 22.5 Å².